The van der Waals surface area contributed by atoms with E-state index in [4.69, 9.17) is 14.0 Å². The van der Waals surface area contributed by atoms with E-state index in [9.17, 15) is 4.79 Å². The number of hydrogen-bond acceptors (Lipinski definition) is 6. The van der Waals surface area contributed by atoms with Crippen LogP contribution in [-0.4, -0.2) is 48.3 Å². The molecule has 1 aliphatic rings. The first kappa shape index (κ1) is 23.3. The van der Waals surface area contributed by atoms with Gasteiger partial charge in [0.15, 0.2) is 11.5 Å². The van der Waals surface area contributed by atoms with Crippen molar-refractivity contribution in [2.24, 2.45) is 5.92 Å². The number of aromatic nitrogens is 2. The second-order valence-electron chi connectivity index (χ2n) is 8.16. The molecule has 2 aromatic carbocycles. The van der Waals surface area contributed by atoms with E-state index in [-0.39, 0.29) is 11.8 Å². The van der Waals surface area contributed by atoms with Crippen LogP contribution in [0.3, 0.4) is 0 Å². The van der Waals surface area contributed by atoms with Crippen molar-refractivity contribution < 1.29 is 18.8 Å². The maximum atomic E-state index is 13.1. The molecule has 0 atom stereocenters. The number of halogens is 1. The fraction of sp³-hybridized carbons (Fsp3) is 0.400. The molecule has 1 aliphatic carbocycles. The number of rotatable bonds is 10. The molecular formula is C25H28BrN3O4. The number of methoxy groups -OCH3 is 2. The molecule has 33 heavy (non-hydrogen) atoms. The van der Waals surface area contributed by atoms with Gasteiger partial charge in [0.2, 0.25) is 17.6 Å². The fourth-order valence-electron chi connectivity index (χ4n) is 3.85. The fourth-order valence-corrected chi connectivity index (χ4v) is 4.11. The molecule has 0 saturated heterocycles. The number of carbonyl (C=O) groups is 1. The predicted molar refractivity (Wildman–Crippen MR) is 128 cm³/mol. The van der Waals surface area contributed by atoms with E-state index in [1.807, 2.05) is 47.4 Å². The van der Waals surface area contributed by atoms with E-state index in [0.29, 0.717) is 42.7 Å². The van der Waals surface area contributed by atoms with Crippen molar-refractivity contribution in [3.8, 4) is 22.9 Å². The van der Waals surface area contributed by atoms with Crippen LogP contribution in [0.25, 0.3) is 11.4 Å². The first-order valence-electron chi connectivity index (χ1n) is 11.2. The minimum atomic E-state index is 0.136. The van der Waals surface area contributed by atoms with Crippen molar-refractivity contribution in [3.05, 3.63) is 58.4 Å². The third-order valence-corrected chi connectivity index (χ3v) is 6.58. The van der Waals surface area contributed by atoms with Gasteiger partial charge < -0.3 is 18.9 Å². The number of nitrogens with zero attached hydrogens (tertiary/aromatic N) is 3. The van der Waals surface area contributed by atoms with Crippen LogP contribution in [0.2, 0.25) is 0 Å². The van der Waals surface area contributed by atoms with Crippen LogP contribution >= 0.6 is 15.9 Å². The molecule has 1 fully saturated rings. The second kappa shape index (κ2) is 10.8. The highest BCUT2D eigenvalue weighted by Crippen LogP contribution is 2.30. The number of ether oxygens (including phenoxy) is 2. The Bertz CT molecular complexity index is 1080. The van der Waals surface area contributed by atoms with Gasteiger partial charge in [0.05, 0.1) is 14.2 Å². The van der Waals surface area contributed by atoms with Crippen LogP contribution in [0.15, 0.2) is 51.5 Å². The van der Waals surface area contributed by atoms with Gasteiger partial charge in [-0.3, -0.25) is 4.79 Å². The molecular weight excluding hydrogens is 486 g/mol. The predicted octanol–water partition coefficient (Wildman–Crippen LogP) is 4.93. The first-order chi connectivity index (χ1) is 16.1. The lowest BCUT2D eigenvalue weighted by molar-refractivity contribution is -0.138. The number of hydrogen-bond donors (Lipinski definition) is 0. The lowest BCUT2D eigenvalue weighted by Gasteiger charge is -2.31. The molecule has 7 nitrogen and oxygen atoms in total. The summed E-state index contributed by atoms with van der Waals surface area (Å²) in [6.07, 6.45) is 4.32. The van der Waals surface area contributed by atoms with Crippen molar-refractivity contribution >= 4 is 21.8 Å². The summed E-state index contributed by atoms with van der Waals surface area (Å²) in [6, 6.07) is 13.6. The molecule has 1 saturated carbocycles. The quantitative estimate of drug-likeness (QED) is 0.382. The third kappa shape index (κ3) is 5.74. The smallest absolute Gasteiger partial charge is 0.228 e. The summed E-state index contributed by atoms with van der Waals surface area (Å²) in [5.41, 5.74) is 1.98. The zero-order valence-corrected chi connectivity index (χ0v) is 20.5. The Balaban J connectivity index is 1.41. The molecule has 1 heterocycles. The summed E-state index contributed by atoms with van der Waals surface area (Å²) >= 11 is 3.43. The van der Waals surface area contributed by atoms with Crippen molar-refractivity contribution in [1.29, 1.82) is 0 Å². The monoisotopic (exact) mass is 513 g/mol. The molecule has 8 heteroatoms. The van der Waals surface area contributed by atoms with Crippen LogP contribution in [0.5, 0.6) is 11.5 Å². The van der Waals surface area contributed by atoms with Crippen LogP contribution in [0, 0.1) is 5.92 Å². The van der Waals surface area contributed by atoms with Crippen LogP contribution < -0.4 is 9.47 Å². The van der Waals surface area contributed by atoms with Crippen molar-refractivity contribution in [2.45, 2.75) is 32.1 Å². The summed E-state index contributed by atoms with van der Waals surface area (Å²) in [4.78, 5) is 19.5. The molecule has 0 spiro atoms. The van der Waals surface area contributed by atoms with Crippen LogP contribution in [0.1, 0.15) is 30.7 Å². The summed E-state index contributed by atoms with van der Waals surface area (Å²) in [5, 5.41) is 4.10. The molecule has 0 bridgehead atoms. The van der Waals surface area contributed by atoms with E-state index >= 15 is 0 Å². The van der Waals surface area contributed by atoms with Crippen molar-refractivity contribution in [3.63, 3.8) is 0 Å². The van der Waals surface area contributed by atoms with E-state index in [0.717, 1.165) is 41.3 Å². The topological polar surface area (TPSA) is 77.7 Å². The Kier molecular flexibility index (Phi) is 7.65. The molecule has 0 radical (unpaired) electrons. The Hall–Kier alpha value is -2.87. The average molecular weight is 514 g/mol. The summed E-state index contributed by atoms with van der Waals surface area (Å²) in [5.74, 6) is 2.83. The normalized spacial score (nSPS) is 13.4. The average Bonchev–Trinajstić information content (AvgIpc) is 3.27. The highest BCUT2D eigenvalue weighted by Gasteiger charge is 2.29. The number of carbonyl (C=O) groups excluding carboxylic acids is 1. The molecule has 0 unspecified atom stereocenters. The van der Waals surface area contributed by atoms with Gasteiger partial charge in [-0.2, -0.15) is 4.98 Å². The van der Waals surface area contributed by atoms with Gasteiger partial charge in [-0.15, -0.1) is 0 Å². The second-order valence-corrected chi connectivity index (χ2v) is 9.08. The zero-order valence-electron chi connectivity index (χ0n) is 18.9. The van der Waals surface area contributed by atoms with E-state index in [1.165, 1.54) is 0 Å². The number of benzene rings is 2. The molecule has 3 aromatic rings. The van der Waals surface area contributed by atoms with Gasteiger partial charge in [-0.1, -0.05) is 33.6 Å². The summed E-state index contributed by atoms with van der Waals surface area (Å²) < 4.78 is 17.2. The lowest BCUT2D eigenvalue weighted by atomic mass is 9.84. The van der Waals surface area contributed by atoms with Gasteiger partial charge >= 0.3 is 0 Å². The van der Waals surface area contributed by atoms with Crippen molar-refractivity contribution in [2.75, 3.05) is 27.3 Å². The maximum absolute atomic E-state index is 13.1. The molecule has 1 aromatic heterocycles. The molecule has 4 rings (SSSR count). The van der Waals surface area contributed by atoms with Crippen molar-refractivity contribution in [1.82, 2.24) is 15.0 Å². The van der Waals surface area contributed by atoms with Gasteiger partial charge in [0, 0.05) is 35.5 Å². The molecule has 0 aliphatic heterocycles. The molecule has 0 N–H and O–H groups in total. The molecule has 174 valence electrons. The lowest BCUT2D eigenvalue weighted by Crippen LogP contribution is -2.41. The maximum Gasteiger partial charge on any atom is 0.228 e. The van der Waals surface area contributed by atoms with Crippen LogP contribution in [0.4, 0.5) is 0 Å². The third-order valence-electron chi connectivity index (χ3n) is 6.05. The van der Waals surface area contributed by atoms with Gasteiger partial charge in [0.25, 0.3) is 0 Å². The highest BCUT2D eigenvalue weighted by atomic mass is 79.9. The van der Waals surface area contributed by atoms with E-state index in [1.54, 1.807) is 14.2 Å². The SMILES string of the molecule is COc1ccc(CCN(CCc2nc(-c3ccc(Br)cc3)no2)C(=O)C2CCC2)cc1OC. The molecule has 1 amide bonds. The van der Waals surface area contributed by atoms with Gasteiger partial charge in [0.1, 0.15) is 0 Å². The standard InChI is InChI=1S/C25H28BrN3O4/c1-31-21-11-6-17(16-22(21)32-2)12-14-29(25(30)19-4-3-5-19)15-13-23-27-24(28-33-23)18-7-9-20(26)10-8-18/h6-11,16,19H,3-5,12-15H2,1-2H3. The van der Waals surface area contributed by atoms with E-state index in [2.05, 4.69) is 26.1 Å². The Morgan fingerprint density at radius 3 is 2.45 bits per heavy atom. The largest absolute Gasteiger partial charge is 0.493 e. The van der Waals surface area contributed by atoms with Gasteiger partial charge in [-0.05, 0) is 61.2 Å². The van der Waals surface area contributed by atoms with Gasteiger partial charge in [-0.25, -0.2) is 0 Å². The Labute approximate surface area is 202 Å². The summed E-state index contributed by atoms with van der Waals surface area (Å²) in [6.45, 7) is 1.17. The Morgan fingerprint density at radius 1 is 1.06 bits per heavy atom. The van der Waals surface area contributed by atoms with Crippen LogP contribution in [-0.2, 0) is 17.6 Å². The highest BCUT2D eigenvalue weighted by molar-refractivity contribution is 9.10. The minimum Gasteiger partial charge on any atom is -0.493 e. The summed E-state index contributed by atoms with van der Waals surface area (Å²) in [7, 11) is 3.25. The zero-order chi connectivity index (χ0) is 23.2. The first-order valence-corrected chi connectivity index (χ1v) is 11.9. The minimum absolute atomic E-state index is 0.136. The van der Waals surface area contributed by atoms with E-state index < -0.39 is 0 Å². The Morgan fingerprint density at radius 2 is 1.79 bits per heavy atom. The number of amides is 1.